The van der Waals surface area contributed by atoms with Gasteiger partial charge < -0.3 is 24.3 Å². The minimum absolute atomic E-state index is 0.0380. The Labute approximate surface area is 365 Å². The molecule has 322 valence electrons. The summed E-state index contributed by atoms with van der Waals surface area (Å²) in [4.78, 5) is 36.2. The van der Waals surface area contributed by atoms with Crippen molar-refractivity contribution in [3.05, 3.63) is 136 Å². The molecule has 15 nitrogen and oxygen atoms in total. The molecule has 0 atom stereocenters. The van der Waals surface area contributed by atoms with Crippen LogP contribution in [0.3, 0.4) is 0 Å². The van der Waals surface area contributed by atoms with Crippen LogP contribution in [-0.4, -0.2) is 104 Å². The molecule has 2 fully saturated rings. The predicted octanol–water partition coefficient (Wildman–Crippen LogP) is 7.17. The van der Waals surface area contributed by atoms with Crippen molar-refractivity contribution in [3.8, 4) is 22.6 Å². The van der Waals surface area contributed by atoms with Crippen LogP contribution in [0.25, 0.3) is 22.2 Å². The lowest BCUT2D eigenvalue weighted by Crippen LogP contribution is -2.46. The molecule has 0 unspecified atom stereocenters. The number of halogens is 1. The molecule has 1 aromatic heterocycles. The van der Waals surface area contributed by atoms with Gasteiger partial charge in [0.2, 0.25) is 0 Å². The van der Waals surface area contributed by atoms with Crippen LogP contribution < -0.4 is 19.7 Å². The second-order valence-corrected chi connectivity index (χ2v) is 17.4. The summed E-state index contributed by atoms with van der Waals surface area (Å²) in [5, 5.41) is 15.8. The van der Waals surface area contributed by atoms with Crippen molar-refractivity contribution in [1.82, 2.24) is 24.1 Å². The van der Waals surface area contributed by atoms with Gasteiger partial charge in [0.1, 0.15) is 17.2 Å². The van der Waals surface area contributed by atoms with Crippen LogP contribution in [0.15, 0.2) is 114 Å². The molecule has 8 rings (SSSR count). The number of amides is 1. The van der Waals surface area contributed by atoms with Gasteiger partial charge in [-0.15, -0.1) is 0 Å². The highest BCUT2D eigenvalue weighted by atomic mass is 35.5. The second-order valence-electron chi connectivity index (χ2n) is 15.3. The zero-order chi connectivity index (χ0) is 43.2. The molecule has 0 radical (unpaired) electrons. The molecule has 0 aliphatic carbocycles. The summed E-state index contributed by atoms with van der Waals surface area (Å²) in [6.07, 6.45) is 2.41. The molecular formula is C45H47ClN8O7S. The summed E-state index contributed by atoms with van der Waals surface area (Å²) in [5.41, 5.74) is 5.56. The number of fused-ring (bicyclic) bond motifs is 1. The number of sulfonamides is 1. The number of piperazine rings is 1. The number of morpholine rings is 1. The number of nitrogens with zero attached hydrogens (tertiary/aromatic N) is 6. The summed E-state index contributed by atoms with van der Waals surface area (Å²) >= 11 is 6.16. The van der Waals surface area contributed by atoms with Crippen LogP contribution in [0.2, 0.25) is 5.02 Å². The van der Waals surface area contributed by atoms with E-state index in [1.165, 1.54) is 23.8 Å². The molecule has 17 heteroatoms. The molecule has 2 N–H and O–H groups in total. The van der Waals surface area contributed by atoms with Crippen molar-refractivity contribution in [2.75, 3.05) is 75.8 Å². The van der Waals surface area contributed by atoms with Gasteiger partial charge >= 0.3 is 0 Å². The lowest BCUT2D eigenvalue weighted by Gasteiger charge is -2.36. The first-order valence-electron chi connectivity index (χ1n) is 20.4. The topological polar surface area (TPSA) is 164 Å². The maximum absolute atomic E-state index is 13.9. The van der Waals surface area contributed by atoms with E-state index in [2.05, 4.69) is 47.9 Å². The zero-order valence-corrected chi connectivity index (χ0v) is 35.8. The van der Waals surface area contributed by atoms with Crippen LogP contribution in [-0.2, 0) is 28.4 Å². The highest BCUT2D eigenvalue weighted by Gasteiger charge is 2.27. The van der Waals surface area contributed by atoms with Crippen molar-refractivity contribution >= 4 is 55.6 Å². The van der Waals surface area contributed by atoms with Crippen LogP contribution in [0, 0.1) is 10.1 Å². The lowest BCUT2D eigenvalue weighted by molar-refractivity contribution is -0.384. The van der Waals surface area contributed by atoms with E-state index in [0.29, 0.717) is 49.1 Å². The number of imidazole rings is 1. The van der Waals surface area contributed by atoms with Gasteiger partial charge in [0.25, 0.3) is 21.6 Å². The number of aryl methyl sites for hydroxylation is 1. The van der Waals surface area contributed by atoms with Gasteiger partial charge in [0, 0.05) is 88.3 Å². The number of carbonyl (C=O) groups excluding carboxylic acids is 1. The Morgan fingerprint density at radius 2 is 1.68 bits per heavy atom. The highest BCUT2D eigenvalue weighted by Crippen LogP contribution is 2.34. The smallest absolute Gasteiger partial charge is 0.293 e. The highest BCUT2D eigenvalue weighted by molar-refractivity contribution is 7.90. The Kier molecular flexibility index (Phi) is 13.0. The third-order valence-electron chi connectivity index (χ3n) is 11.2. The Balaban J connectivity index is 0.985. The fourth-order valence-corrected chi connectivity index (χ4v) is 8.94. The van der Waals surface area contributed by atoms with Crippen LogP contribution in [0.5, 0.6) is 11.5 Å². The molecule has 5 aromatic carbocycles. The van der Waals surface area contributed by atoms with E-state index in [1.807, 2.05) is 48.0 Å². The number of nitrogens with one attached hydrogen (secondary N) is 2. The van der Waals surface area contributed by atoms with Gasteiger partial charge in [-0.25, -0.2) is 18.1 Å². The molecule has 0 spiro atoms. The van der Waals surface area contributed by atoms with E-state index in [1.54, 1.807) is 30.6 Å². The summed E-state index contributed by atoms with van der Waals surface area (Å²) in [5.74, 6) is -0.423. The van der Waals surface area contributed by atoms with E-state index in [-0.39, 0.29) is 17.0 Å². The van der Waals surface area contributed by atoms with E-state index >= 15 is 0 Å². The number of aromatic nitrogens is 2. The SMILES string of the molecule is Cn1cnc2cc(Oc3cc(N4CCN(Cc5ccccc5-c5ccc(Cl)cc5)CC4)ccc3C(=O)NS(=O)(=O)c3ccc(NCCCN4CCOCC4)c([N+](=O)[O-])c3)ccc21. The van der Waals surface area contributed by atoms with Gasteiger partial charge in [0.15, 0.2) is 0 Å². The minimum atomic E-state index is -4.56. The van der Waals surface area contributed by atoms with E-state index < -0.39 is 31.4 Å². The number of nitro groups is 1. The van der Waals surface area contributed by atoms with Gasteiger partial charge in [-0.05, 0) is 78.2 Å². The number of carbonyl (C=O) groups is 1. The van der Waals surface area contributed by atoms with Gasteiger partial charge in [0.05, 0.1) is 46.0 Å². The molecular weight excluding hydrogens is 832 g/mol. The predicted molar refractivity (Wildman–Crippen MR) is 240 cm³/mol. The number of nitro benzene ring substituents is 1. The quantitative estimate of drug-likeness (QED) is 0.0608. The summed E-state index contributed by atoms with van der Waals surface area (Å²) in [6.45, 7) is 7.96. The van der Waals surface area contributed by atoms with Crippen molar-refractivity contribution in [1.29, 1.82) is 0 Å². The van der Waals surface area contributed by atoms with E-state index in [9.17, 15) is 23.3 Å². The van der Waals surface area contributed by atoms with Gasteiger partial charge in [-0.3, -0.25) is 24.7 Å². The number of rotatable bonds is 15. The van der Waals surface area contributed by atoms with Crippen molar-refractivity contribution in [2.45, 2.75) is 17.9 Å². The van der Waals surface area contributed by atoms with Crippen LogP contribution >= 0.6 is 11.6 Å². The maximum atomic E-state index is 13.9. The Hall–Kier alpha value is -6.04. The zero-order valence-electron chi connectivity index (χ0n) is 34.2. The number of hydrogen-bond donors (Lipinski definition) is 2. The summed E-state index contributed by atoms with van der Waals surface area (Å²) in [7, 11) is -2.68. The maximum Gasteiger partial charge on any atom is 0.293 e. The Bertz CT molecular complexity index is 2680. The number of hydrogen-bond acceptors (Lipinski definition) is 12. The Morgan fingerprint density at radius 3 is 2.45 bits per heavy atom. The first-order chi connectivity index (χ1) is 30.0. The van der Waals surface area contributed by atoms with Crippen molar-refractivity contribution in [2.24, 2.45) is 7.05 Å². The van der Waals surface area contributed by atoms with E-state index in [0.717, 1.165) is 74.1 Å². The van der Waals surface area contributed by atoms with Crippen molar-refractivity contribution in [3.63, 3.8) is 0 Å². The first-order valence-corrected chi connectivity index (χ1v) is 22.3. The standard InChI is InChI=1S/C45H47ClN8O7S/c1-50-31-48-41-28-36(12-16-42(41)50)61-44-27-35(53-21-19-52(20-22-53)30-33-5-2-3-6-38(33)32-7-9-34(46)10-8-32)11-14-39(44)45(55)49-62(58,59)37-13-15-40(43(29-37)54(56)57)47-17-4-18-51-23-25-60-26-24-51/h2-3,5-16,27-29,31,47H,4,17-26,30H2,1H3,(H,49,55). The molecule has 0 bridgehead atoms. The summed E-state index contributed by atoms with van der Waals surface area (Å²) in [6, 6.07) is 30.2. The molecule has 6 aromatic rings. The summed E-state index contributed by atoms with van der Waals surface area (Å²) < 4.78 is 43.1. The molecule has 2 aliphatic heterocycles. The molecule has 0 saturated carbocycles. The average molecular weight is 879 g/mol. The number of benzene rings is 5. The average Bonchev–Trinajstić information content (AvgIpc) is 3.65. The molecule has 3 heterocycles. The fourth-order valence-electron chi connectivity index (χ4n) is 7.83. The van der Waals surface area contributed by atoms with Crippen LogP contribution in [0.4, 0.5) is 17.1 Å². The fraction of sp³-hybridized carbons (Fsp3) is 0.289. The van der Waals surface area contributed by atoms with Crippen LogP contribution in [0.1, 0.15) is 22.3 Å². The number of ether oxygens (including phenoxy) is 2. The second kappa shape index (κ2) is 18.9. The molecule has 2 aliphatic rings. The molecule has 2 saturated heterocycles. The largest absolute Gasteiger partial charge is 0.456 e. The lowest BCUT2D eigenvalue weighted by atomic mass is 9.99. The third-order valence-corrected chi connectivity index (χ3v) is 12.8. The first kappa shape index (κ1) is 42.6. The molecule has 1 amide bonds. The van der Waals surface area contributed by atoms with Gasteiger partial charge in [-0.1, -0.05) is 48.0 Å². The monoisotopic (exact) mass is 878 g/mol. The third kappa shape index (κ3) is 10.0. The molecule has 62 heavy (non-hydrogen) atoms. The van der Waals surface area contributed by atoms with E-state index in [4.69, 9.17) is 21.1 Å². The minimum Gasteiger partial charge on any atom is -0.456 e. The van der Waals surface area contributed by atoms with Crippen molar-refractivity contribution < 1.29 is 27.6 Å². The normalized spacial score (nSPS) is 15.1. The van der Waals surface area contributed by atoms with Gasteiger partial charge in [-0.2, -0.15) is 0 Å². The number of anilines is 2. The Morgan fingerprint density at radius 1 is 0.903 bits per heavy atom.